The van der Waals surface area contributed by atoms with Gasteiger partial charge in [-0.1, -0.05) is 78.0 Å². The van der Waals surface area contributed by atoms with Gasteiger partial charge in [-0.3, -0.25) is 0 Å². The maximum atomic E-state index is 6.26. The third kappa shape index (κ3) is 2.91. The molecule has 0 N–H and O–H groups in total. The van der Waals surface area contributed by atoms with Gasteiger partial charge in [-0.15, -0.1) is 5.10 Å². The van der Waals surface area contributed by atoms with Crippen molar-refractivity contribution in [1.82, 2.24) is 15.0 Å². The summed E-state index contributed by atoms with van der Waals surface area (Å²) in [5, 5.41) is 8.70. The monoisotopic (exact) mass is 351 g/mol. The average Bonchev–Trinajstić information content (AvgIpc) is 3.19. The molecule has 0 atom stereocenters. The lowest BCUT2D eigenvalue weighted by atomic mass is 10.0. The lowest BCUT2D eigenvalue weighted by molar-refractivity contribution is 0.445. The Labute approximate surface area is 157 Å². The Morgan fingerprint density at radius 1 is 0.667 bits per heavy atom. The molecule has 3 aromatic carbocycles. The Bertz CT molecular complexity index is 1090. The summed E-state index contributed by atoms with van der Waals surface area (Å²) in [6.07, 6.45) is 4.17. The molecule has 1 aliphatic heterocycles. The maximum Gasteiger partial charge on any atom is 0.133 e. The fourth-order valence-corrected chi connectivity index (χ4v) is 3.31. The molecule has 0 bridgehead atoms. The van der Waals surface area contributed by atoms with Crippen molar-refractivity contribution < 1.29 is 4.74 Å². The minimum Gasteiger partial charge on any atom is -0.457 e. The highest BCUT2D eigenvalue weighted by Crippen LogP contribution is 2.34. The summed E-state index contributed by atoms with van der Waals surface area (Å²) in [5.41, 5.74) is 3.95. The smallest absolute Gasteiger partial charge is 0.133 e. The second kappa shape index (κ2) is 6.57. The van der Waals surface area contributed by atoms with E-state index in [2.05, 4.69) is 46.7 Å². The first-order chi connectivity index (χ1) is 13.4. The van der Waals surface area contributed by atoms with E-state index < -0.39 is 0 Å². The second-order valence-electron chi connectivity index (χ2n) is 6.41. The second-order valence-corrected chi connectivity index (χ2v) is 6.41. The van der Waals surface area contributed by atoms with E-state index in [1.54, 1.807) is 0 Å². The first-order valence-electron chi connectivity index (χ1n) is 8.91. The molecule has 0 saturated carbocycles. The van der Waals surface area contributed by atoms with E-state index in [-0.39, 0.29) is 6.04 Å². The van der Waals surface area contributed by atoms with Crippen LogP contribution in [-0.2, 0) is 4.74 Å². The molecule has 0 fully saturated rings. The number of ether oxygens (including phenoxy) is 1. The van der Waals surface area contributed by atoms with Gasteiger partial charge in [-0.05, 0) is 24.3 Å². The minimum absolute atomic E-state index is 0.0865. The van der Waals surface area contributed by atoms with Crippen molar-refractivity contribution in [2.24, 2.45) is 0 Å². The highest BCUT2D eigenvalue weighted by atomic mass is 16.5. The summed E-state index contributed by atoms with van der Waals surface area (Å²) in [6.45, 7) is 0. The van der Waals surface area contributed by atoms with Crippen LogP contribution in [0.3, 0.4) is 0 Å². The molecule has 0 amide bonds. The molecule has 4 nitrogen and oxygen atoms in total. The van der Waals surface area contributed by atoms with Gasteiger partial charge in [-0.25, -0.2) is 4.68 Å². The predicted molar refractivity (Wildman–Crippen MR) is 106 cm³/mol. The van der Waals surface area contributed by atoms with Crippen LogP contribution in [0.1, 0.15) is 17.2 Å². The van der Waals surface area contributed by atoms with E-state index in [1.807, 2.05) is 65.3 Å². The van der Waals surface area contributed by atoms with Crippen LogP contribution in [-0.4, -0.2) is 15.0 Å². The summed E-state index contributed by atoms with van der Waals surface area (Å²) < 4.78 is 8.19. The number of allylic oxidation sites excluding steroid dienone is 2. The summed E-state index contributed by atoms with van der Waals surface area (Å²) in [5.74, 6) is 1.64. The third-order valence-electron chi connectivity index (χ3n) is 4.64. The Kier molecular flexibility index (Phi) is 3.79. The van der Waals surface area contributed by atoms with Crippen LogP contribution in [0.5, 0.6) is 0 Å². The van der Waals surface area contributed by atoms with Crippen LogP contribution in [0, 0.1) is 0 Å². The predicted octanol–water partition coefficient (Wildman–Crippen LogP) is 5.08. The number of rotatable bonds is 3. The molecule has 2 heterocycles. The van der Waals surface area contributed by atoms with Crippen molar-refractivity contribution >= 4 is 22.6 Å². The van der Waals surface area contributed by atoms with E-state index in [0.29, 0.717) is 0 Å². The molecule has 4 heteroatoms. The largest absolute Gasteiger partial charge is 0.457 e. The molecule has 1 aliphatic rings. The van der Waals surface area contributed by atoms with Gasteiger partial charge in [0.05, 0.1) is 11.6 Å². The zero-order chi connectivity index (χ0) is 18.1. The highest BCUT2D eigenvalue weighted by Gasteiger charge is 2.21. The van der Waals surface area contributed by atoms with Gasteiger partial charge in [0, 0.05) is 11.1 Å². The van der Waals surface area contributed by atoms with Gasteiger partial charge in [-0.2, -0.15) is 0 Å². The van der Waals surface area contributed by atoms with Crippen LogP contribution >= 0.6 is 0 Å². The van der Waals surface area contributed by atoms with Gasteiger partial charge in [0.2, 0.25) is 0 Å². The van der Waals surface area contributed by atoms with E-state index in [0.717, 1.165) is 33.7 Å². The van der Waals surface area contributed by atoms with E-state index in [4.69, 9.17) is 4.74 Å². The molecule has 0 radical (unpaired) electrons. The highest BCUT2D eigenvalue weighted by molar-refractivity contribution is 5.77. The van der Waals surface area contributed by atoms with Gasteiger partial charge in [0.15, 0.2) is 0 Å². The van der Waals surface area contributed by atoms with Crippen LogP contribution in [0.4, 0.5) is 0 Å². The Morgan fingerprint density at radius 3 is 1.85 bits per heavy atom. The van der Waals surface area contributed by atoms with Gasteiger partial charge < -0.3 is 4.74 Å². The molecule has 4 aromatic rings. The molecule has 0 aliphatic carbocycles. The Hall–Kier alpha value is -3.66. The van der Waals surface area contributed by atoms with Crippen molar-refractivity contribution in [2.45, 2.75) is 6.04 Å². The molecule has 1 aromatic heterocycles. The molecule has 0 unspecified atom stereocenters. The first-order valence-corrected chi connectivity index (χ1v) is 8.91. The SMILES string of the molecule is C1=C(c2ccccc2)OC(c2ccccc2)=CC1n1nnc2ccccc21. The molecule has 27 heavy (non-hydrogen) atoms. The number of nitrogens with zero attached hydrogens (tertiary/aromatic N) is 3. The normalized spacial score (nSPS) is 14.5. The molecular weight excluding hydrogens is 334 g/mol. The summed E-state index contributed by atoms with van der Waals surface area (Å²) >= 11 is 0. The van der Waals surface area contributed by atoms with Crippen molar-refractivity contribution in [2.75, 3.05) is 0 Å². The number of benzene rings is 3. The van der Waals surface area contributed by atoms with E-state index in [9.17, 15) is 0 Å². The first kappa shape index (κ1) is 15.6. The molecule has 0 saturated heterocycles. The number of hydrogen-bond donors (Lipinski definition) is 0. The van der Waals surface area contributed by atoms with Gasteiger partial charge in [0.25, 0.3) is 0 Å². The van der Waals surface area contributed by atoms with Gasteiger partial charge in [0.1, 0.15) is 17.0 Å². The lowest BCUT2D eigenvalue weighted by Crippen LogP contribution is -2.12. The summed E-state index contributed by atoms with van der Waals surface area (Å²) in [4.78, 5) is 0. The van der Waals surface area contributed by atoms with Crippen LogP contribution < -0.4 is 0 Å². The lowest BCUT2D eigenvalue weighted by Gasteiger charge is -2.23. The molecule has 5 rings (SSSR count). The van der Waals surface area contributed by atoms with Gasteiger partial charge >= 0.3 is 0 Å². The summed E-state index contributed by atoms with van der Waals surface area (Å²) in [7, 11) is 0. The molecule has 0 spiro atoms. The standard InChI is InChI=1S/C23H17N3O/c1-3-9-17(10-4-1)22-15-19(16-23(27-22)18-11-5-2-6-12-18)26-21-14-8-7-13-20(21)24-25-26/h1-16,19H. The fourth-order valence-electron chi connectivity index (χ4n) is 3.31. The molecular formula is C23H17N3O. The Morgan fingerprint density at radius 2 is 1.22 bits per heavy atom. The topological polar surface area (TPSA) is 39.9 Å². The van der Waals surface area contributed by atoms with Crippen molar-refractivity contribution in [3.63, 3.8) is 0 Å². The average molecular weight is 351 g/mol. The van der Waals surface area contributed by atoms with Crippen LogP contribution in [0.15, 0.2) is 97.1 Å². The van der Waals surface area contributed by atoms with Crippen molar-refractivity contribution in [3.8, 4) is 0 Å². The van der Waals surface area contributed by atoms with Crippen LogP contribution in [0.2, 0.25) is 0 Å². The number of fused-ring (bicyclic) bond motifs is 1. The number of aromatic nitrogens is 3. The van der Waals surface area contributed by atoms with E-state index in [1.165, 1.54) is 0 Å². The Balaban J connectivity index is 1.65. The van der Waals surface area contributed by atoms with E-state index >= 15 is 0 Å². The maximum absolute atomic E-state index is 6.26. The van der Waals surface area contributed by atoms with Crippen molar-refractivity contribution in [3.05, 3.63) is 108 Å². The van der Waals surface area contributed by atoms with Crippen LogP contribution in [0.25, 0.3) is 22.6 Å². The van der Waals surface area contributed by atoms with Crippen molar-refractivity contribution in [1.29, 1.82) is 0 Å². The minimum atomic E-state index is -0.0865. The molecule has 130 valence electrons. The number of hydrogen-bond acceptors (Lipinski definition) is 3. The summed E-state index contributed by atoms with van der Waals surface area (Å²) in [6, 6.07) is 28.2. The fraction of sp³-hybridized carbons (Fsp3) is 0.0435. The zero-order valence-corrected chi connectivity index (χ0v) is 14.6. The zero-order valence-electron chi connectivity index (χ0n) is 14.6. The number of para-hydroxylation sites is 1. The third-order valence-corrected chi connectivity index (χ3v) is 4.64. The quantitative estimate of drug-likeness (QED) is 0.516.